The van der Waals surface area contributed by atoms with E-state index in [9.17, 15) is 9.90 Å². The lowest BCUT2D eigenvalue weighted by atomic mass is 9.84. The zero-order valence-electron chi connectivity index (χ0n) is 16.7. The number of hydrogen-bond donors (Lipinski definition) is 3. The van der Waals surface area contributed by atoms with Crippen molar-refractivity contribution >= 4 is 22.9 Å². The van der Waals surface area contributed by atoms with Gasteiger partial charge in [-0.25, -0.2) is 0 Å². The number of carbonyl (C=O) groups excluding carboxylic acids is 1. The normalized spacial score (nSPS) is 14.4. The van der Waals surface area contributed by atoms with Crippen molar-refractivity contribution in [3.8, 4) is 16.9 Å². The highest BCUT2D eigenvalue weighted by Gasteiger charge is 2.29. The molecule has 146 valence electrons. The number of hydrogen-bond acceptors (Lipinski definition) is 4. The molecule has 0 spiro atoms. The number of fused-ring (bicyclic) bond motifs is 1. The van der Waals surface area contributed by atoms with Crippen molar-refractivity contribution in [3.05, 3.63) is 78.1 Å². The number of aromatic hydroxyl groups is 1. The Kier molecular flexibility index (Phi) is 4.59. The third-order valence-electron chi connectivity index (χ3n) is 4.97. The van der Waals surface area contributed by atoms with Gasteiger partial charge in [-0.15, -0.1) is 0 Å². The van der Waals surface area contributed by atoms with E-state index in [0.29, 0.717) is 22.4 Å². The summed E-state index contributed by atoms with van der Waals surface area (Å²) in [7, 11) is 0. The Morgan fingerprint density at radius 1 is 1.07 bits per heavy atom. The van der Waals surface area contributed by atoms with Crippen LogP contribution in [0.5, 0.6) is 5.75 Å². The van der Waals surface area contributed by atoms with Gasteiger partial charge in [0.15, 0.2) is 0 Å². The van der Waals surface area contributed by atoms with Gasteiger partial charge in [-0.1, -0.05) is 30.3 Å². The van der Waals surface area contributed by atoms with Crippen LogP contribution in [-0.2, 0) is 0 Å². The van der Waals surface area contributed by atoms with Gasteiger partial charge in [0.25, 0.3) is 5.91 Å². The summed E-state index contributed by atoms with van der Waals surface area (Å²) < 4.78 is 0. The van der Waals surface area contributed by atoms with Crippen LogP contribution >= 0.6 is 0 Å². The molecule has 0 aliphatic carbocycles. The summed E-state index contributed by atoms with van der Waals surface area (Å²) in [6.07, 6.45) is 5.38. The molecule has 5 nitrogen and oxygen atoms in total. The molecule has 1 aromatic heterocycles. The molecule has 1 aliphatic rings. The molecule has 0 saturated carbocycles. The Bertz CT molecular complexity index is 1120. The van der Waals surface area contributed by atoms with Crippen LogP contribution in [0.4, 0.5) is 11.4 Å². The van der Waals surface area contributed by atoms with E-state index in [1.807, 2.05) is 31.2 Å². The van der Waals surface area contributed by atoms with Crippen molar-refractivity contribution in [1.29, 1.82) is 0 Å². The molecule has 1 amide bonds. The van der Waals surface area contributed by atoms with Crippen LogP contribution in [0.25, 0.3) is 16.7 Å². The van der Waals surface area contributed by atoms with E-state index in [1.54, 1.807) is 36.7 Å². The number of nitrogens with one attached hydrogen (secondary N) is 2. The molecule has 3 aromatic rings. The molecule has 1 aliphatic heterocycles. The molecule has 0 unspecified atom stereocenters. The van der Waals surface area contributed by atoms with Crippen molar-refractivity contribution in [3.63, 3.8) is 0 Å². The van der Waals surface area contributed by atoms with Crippen LogP contribution in [0, 0.1) is 0 Å². The first kappa shape index (κ1) is 18.7. The van der Waals surface area contributed by atoms with E-state index < -0.39 is 0 Å². The molecule has 0 atom stereocenters. The number of allylic oxidation sites excluding steroid dienone is 1. The SMILES string of the molecule is CC1=CC(C)(C)Nc2ccc(-c3ccccc3O)c(C(=O)Nc3cccnc3)c21. The number of rotatable bonds is 3. The highest BCUT2D eigenvalue weighted by Crippen LogP contribution is 2.42. The number of phenols is 1. The zero-order chi connectivity index (χ0) is 20.6. The topological polar surface area (TPSA) is 74.2 Å². The second kappa shape index (κ2) is 7.09. The number of nitrogens with zero attached hydrogens (tertiary/aromatic N) is 1. The molecule has 2 aromatic carbocycles. The van der Waals surface area contributed by atoms with E-state index >= 15 is 0 Å². The number of carbonyl (C=O) groups is 1. The maximum atomic E-state index is 13.4. The molecule has 29 heavy (non-hydrogen) atoms. The fraction of sp³-hybridized carbons (Fsp3) is 0.167. The van der Waals surface area contributed by atoms with Gasteiger partial charge in [0, 0.05) is 23.0 Å². The minimum absolute atomic E-state index is 0.133. The lowest BCUT2D eigenvalue weighted by Gasteiger charge is -2.33. The summed E-state index contributed by atoms with van der Waals surface area (Å²) in [6.45, 7) is 6.19. The summed E-state index contributed by atoms with van der Waals surface area (Å²) in [5, 5.41) is 16.9. The minimum Gasteiger partial charge on any atom is -0.507 e. The minimum atomic E-state index is -0.248. The second-order valence-corrected chi connectivity index (χ2v) is 7.80. The average molecular weight is 385 g/mol. The Labute approximate surface area is 170 Å². The van der Waals surface area contributed by atoms with Crippen molar-refractivity contribution in [2.45, 2.75) is 26.3 Å². The van der Waals surface area contributed by atoms with Crippen LogP contribution in [-0.4, -0.2) is 21.5 Å². The Balaban J connectivity index is 1.93. The molecule has 3 N–H and O–H groups in total. The van der Waals surface area contributed by atoms with E-state index in [2.05, 4.69) is 35.5 Å². The van der Waals surface area contributed by atoms with Crippen LogP contribution in [0.3, 0.4) is 0 Å². The first-order valence-corrected chi connectivity index (χ1v) is 9.50. The Morgan fingerprint density at radius 2 is 1.86 bits per heavy atom. The predicted molar refractivity (Wildman–Crippen MR) is 117 cm³/mol. The van der Waals surface area contributed by atoms with E-state index in [4.69, 9.17) is 0 Å². The summed E-state index contributed by atoms with van der Waals surface area (Å²) >= 11 is 0. The fourth-order valence-electron chi connectivity index (χ4n) is 3.91. The number of phenolic OH excluding ortho intramolecular Hbond substituents is 1. The van der Waals surface area contributed by atoms with Crippen molar-refractivity contribution in [2.24, 2.45) is 0 Å². The van der Waals surface area contributed by atoms with Crippen LogP contribution < -0.4 is 10.6 Å². The largest absolute Gasteiger partial charge is 0.507 e. The monoisotopic (exact) mass is 385 g/mol. The number of benzene rings is 2. The van der Waals surface area contributed by atoms with Crippen molar-refractivity contribution < 1.29 is 9.90 Å². The molecular weight excluding hydrogens is 362 g/mol. The smallest absolute Gasteiger partial charge is 0.257 e. The number of para-hydroxylation sites is 1. The highest BCUT2D eigenvalue weighted by molar-refractivity contribution is 6.14. The first-order valence-electron chi connectivity index (χ1n) is 9.50. The molecule has 0 radical (unpaired) electrons. The number of amides is 1. The van der Waals surface area contributed by atoms with E-state index in [-0.39, 0.29) is 17.2 Å². The maximum Gasteiger partial charge on any atom is 0.257 e. The molecule has 5 heteroatoms. The van der Waals surface area contributed by atoms with E-state index in [1.165, 1.54) is 0 Å². The van der Waals surface area contributed by atoms with Crippen molar-refractivity contribution in [1.82, 2.24) is 4.98 Å². The Hall–Kier alpha value is -3.60. The molecule has 2 heterocycles. The average Bonchev–Trinajstić information content (AvgIpc) is 2.67. The molecular formula is C24H23N3O2. The van der Waals surface area contributed by atoms with Gasteiger partial charge < -0.3 is 15.7 Å². The second-order valence-electron chi connectivity index (χ2n) is 7.80. The summed E-state index contributed by atoms with van der Waals surface area (Å²) in [5.74, 6) is -0.115. The summed E-state index contributed by atoms with van der Waals surface area (Å²) in [6, 6.07) is 14.5. The van der Waals surface area contributed by atoms with Gasteiger partial charge in [0.1, 0.15) is 5.75 Å². The van der Waals surface area contributed by atoms with E-state index in [0.717, 1.165) is 16.8 Å². The quantitative estimate of drug-likeness (QED) is 0.571. The predicted octanol–water partition coefficient (Wildman–Crippen LogP) is 5.31. The number of pyridine rings is 1. The van der Waals surface area contributed by atoms with Gasteiger partial charge in [-0.3, -0.25) is 9.78 Å². The van der Waals surface area contributed by atoms with Crippen LogP contribution in [0.1, 0.15) is 36.7 Å². The lowest BCUT2D eigenvalue weighted by molar-refractivity contribution is 0.102. The molecule has 4 rings (SSSR count). The van der Waals surface area contributed by atoms with Gasteiger partial charge in [0.2, 0.25) is 0 Å². The van der Waals surface area contributed by atoms with Gasteiger partial charge >= 0.3 is 0 Å². The lowest BCUT2D eigenvalue weighted by Crippen LogP contribution is -2.32. The molecule has 0 bridgehead atoms. The zero-order valence-corrected chi connectivity index (χ0v) is 16.7. The highest BCUT2D eigenvalue weighted by atomic mass is 16.3. The third kappa shape index (κ3) is 3.59. The number of anilines is 2. The number of aromatic nitrogens is 1. The van der Waals surface area contributed by atoms with Crippen LogP contribution in [0.15, 0.2) is 67.0 Å². The Morgan fingerprint density at radius 3 is 2.59 bits per heavy atom. The third-order valence-corrected chi connectivity index (χ3v) is 4.97. The van der Waals surface area contributed by atoms with Crippen molar-refractivity contribution in [2.75, 3.05) is 10.6 Å². The maximum absolute atomic E-state index is 13.4. The standard InChI is InChI=1S/C24H23N3O2/c1-15-13-24(2,3)27-19-11-10-18(17-8-4-5-9-20(17)28)22(21(15)19)23(29)26-16-7-6-12-25-14-16/h4-14,27-28H,1-3H3,(H,26,29). The van der Waals surface area contributed by atoms with Gasteiger partial charge in [0.05, 0.1) is 23.0 Å². The van der Waals surface area contributed by atoms with Gasteiger partial charge in [-0.2, -0.15) is 0 Å². The van der Waals surface area contributed by atoms with Gasteiger partial charge in [-0.05, 0) is 56.2 Å². The first-order chi connectivity index (χ1) is 13.9. The molecule has 0 saturated heterocycles. The fourth-order valence-corrected chi connectivity index (χ4v) is 3.91. The summed E-state index contributed by atoms with van der Waals surface area (Å²) in [4.78, 5) is 17.5. The molecule has 0 fully saturated rings. The summed E-state index contributed by atoms with van der Waals surface area (Å²) in [5.41, 5.74) is 4.95. The van der Waals surface area contributed by atoms with Crippen LogP contribution in [0.2, 0.25) is 0 Å².